The number of thioether (sulfide) groups is 1. The molecule has 2 fully saturated rings. The summed E-state index contributed by atoms with van der Waals surface area (Å²) in [4.78, 5) is 40.0. The molecule has 36 heavy (non-hydrogen) atoms. The lowest BCUT2D eigenvalue weighted by molar-refractivity contribution is -0.130. The van der Waals surface area contributed by atoms with E-state index in [1.807, 2.05) is 6.07 Å². The molecular weight excluding hydrogens is 474 g/mol. The molecule has 8 nitrogen and oxygen atoms in total. The summed E-state index contributed by atoms with van der Waals surface area (Å²) in [7, 11) is 2.15. The van der Waals surface area contributed by atoms with Gasteiger partial charge in [0, 0.05) is 57.7 Å². The van der Waals surface area contributed by atoms with E-state index < -0.39 is 0 Å². The van der Waals surface area contributed by atoms with Gasteiger partial charge in [-0.05, 0) is 25.0 Å². The Morgan fingerprint density at radius 1 is 1.06 bits per heavy atom. The van der Waals surface area contributed by atoms with Crippen LogP contribution in [0.2, 0.25) is 0 Å². The fourth-order valence-corrected chi connectivity index (χ4v) is 5.53. The summed E-state index contributed by atoms with van der Waals surface area (Å²) in [5.41, 5.74) is 0.939. The molecule has 2 aromatic heterocycles. The molecule has 2 aliphatic rings. The van der Waals surface area contributed by atoms with Crippen molar-refractivity contribution >= 4 is 29.4 Å². The van der Waals surface area contributed by atoms with Crippen LogP contribution in [-0.2, 0) is 16.0 Å². The van der Waals surface area contributed by atoms with Gasteiger partial charge in [-0.1, -0.05) is 51.8 Å². The molecule has 3 heterocycles. The van der Waals surface area contributed by atoms with Gasteiger partial charge in [0.1, 0.15) is 11.6 Å². The second-order valence-electron chi connectivity index (χ2n) is 10.9. The van der Waals surface area contributed by atoms with Crippen molar-refractivity contribution in [2.45, 2.75) is 82.2 Å². The summed E-state index contributed by atoms with van der Waals surface area (Å²) in [5, 5.41) is 0.727. The number of piperazine rings is 1. The number of hydrogen-bond donors (Lipinski definition) is 0. The Hall–Kier alpha value is -2.55. The average Bonchev–Trinajstić information content (AvgIpc) is 3.35. The van der Waals surface area contributed by atoms with Gasteiger partial charge in [-0.15, -0.1) is 0 Å². The van der Waals surface area contributed by atoms with E-state index in [0.29, 0.717) is 43.7 Å². The lowest BCUT2D eigenvalue weighted by Gasteiger charge is -2.33. The average molecular weight is 514 g/mol. The highest BCUT2D eigenvalue weighted by molar-refractivity contribution is 7.98. The van der Waals surface area contributed by atoms with E-state index in [4.69, 9.17) is 14.4 Å². The van der Waals surface area contributed by atoms with Crippen LogP contribution in [0.5, 0.6) is 0 Å². The van der Waals surface area contributed by atoms with Gasteiger partial charge in [0.15, 0.2) is 10.9 Å². The highest BCUT2D eigenvalue weighted by Crippen LogP contribution is 2.31. The molecule has 0 radical (unpaired) electrons. The quantitative estimate of drug-likeness (QED) is 0.408. The summed E-state index contributed by atoms with van der Waals surface area (Å²) in [5.74, 6) is 2.50. The Bertz CT molecular complexity index is 1070. The third-order valence-corrected chi connectivity index (χ3v) is 8.04. The Kier molecular flexibility index (Phi) is 8.27. The van der Waals surface area contributed by atoms with E-state index in [1.165, 1.54) is 43.9 Å². The molecule has 2 amide bonds. The monoisotopic (exact) mass is 513 g/mol. The molecular formula is C27H39N5O3S. The first kappa shape index (κ1) is 26.5. The van der Waals surface area contributed by atoms with Gasteiger partial charge in [0.05, 0.1) is 11.4 Å². The standard InChI is InChI=1S/C27H39N5O3S/c1-19(33)31-13-15-32(16-14-31)25(34)22-12-11-21(35-22)18-36-26-28-23(27(2,3)4)17-24(29-26)30(5)20-9-7-6-8-10-20/h11-12,17,20H,6-10,13-16,18H2,1-5H3. The molecule has 0 unspecified atom stereocenters. The highest BCUT2D eigenvalue weighted by Gasteiger charge is 2.26. The Morgan fingerprint density at radius 3 is 2.36 bits per heavy atom. The number of carbonyl (C=O) groups is 2. The fourth-order valence-electron chi connectivity index (χ4n) is 4.78. The molecule has 1 saturated carbocycles. The van der Waals surface area contributed by atoms with Gasteiger partial charge in [0.25, 0.3) is 5.91 Å². The van der Waals surface area contributed by atoms with Crippen LogP contribution in [0.4, 0.5) is 5.82 Å². The first-order valence-corrected chi connectivity index (χ1v) is 14.0. The second kappa shape index (κ2) is 11.2. The highest BCUT2D eigenvalue weighted by atomic mass is 32.2. The predicted octanol–water partition coefficient (Wildman–Crippen LogP) is 4.73. The molecule has 1 saturated heterocycles. The van der Waals surface area contributed by atoms with E-state index >= 15 is 0 Å². The van der Waals surface area contributed by atoms with Gasteiger partial charge in [-0.2, -0.15) is 0 Å². The molecule has 4 rings (SSSR count). The van der Waals surface area contributed by atoms with Crippen molar-refractivity contribution < 1.29 is 14.0 Å². The van der Waals surface area contributed by atoms with Crippen molar-refractivity contribution in [3.05, 3.63) is 35.4 Å². The number of hydrogen-bond acceptors (Lipinski definition) is 7. The van der Waals surface area contributed by atoms with Crippen LogP contribution in [0, 0.1) is 0 Å². The smallest absolute Gasteiger partial charge is 0.289 e. The largest absolute Gasteiger partial charge is 0.455 e. The number of nitrogens with zero attached hydrogens (tertiary/aromatic N) is 5. The van der Waals surface area contributed by atoms with E-state index in [9.17, 15) is 9.59 Å². The van der Waals surface area contributed by atoms with Crippen LogP contribution in [0.3, 0.4) is 0 Å². The molecule has 1 aliphatic carbocycles. The third kappa shape index (κ3) is 6.41. The predicted molar refractivity (Wildman–Crippen MR) is 142 cm³/mol. The van der Waals surface area contributed by atoms with Gasteiger partial charge < -0.3 is 19.1 Å². The van der Waals surface area contributed by atoms with Crippen LogP contribution >= 0.6 is 11.8 Å². The maximum atomic E-state index is 12.9. The van der Waals surface area contributed by atoms with Crippen LogP contribution in [0.1, 0.15) is 81.8 Å². The molecule has 0 atom stereocenters. The molecule has 2 aromatic rings. The van der Waals surface area contributed by atoms with Crippen LogP contribution < -0.4 is 4.90 Å². The van der Waals surface area contributed by atoms with E-state index in [0.717, 1.165) is 22.4 Å². The van der Waals surface area contributed by atoms with Crippen molar-refractivity contribution in [2.75, 3.05) is 38.1 Å². The van der Waals surface area contributed by atoms with Gasteiger partial charge >= 0.3 is 0 Å². The van der Waals surface area contributed by atoms with Crippen LogP contribution in [0.15, 0.2) is 27.8 Å². The van der Waals surface area contributed by atoms with E-state index in [2.05, 4.69) is 38.8 Å². The minimum atomic E-state index is -0.128. The van der Waals surface area contributed by atoms with Crippen molar-refractivity contribution in [2.24, 2.45) is 0 Å². The van der Waals surface area contributed by atoms with Crippen LogP contribution in [-0.4, -0.2) is 70.9 Å². The van der Waals surface area contributed by atoms with Crippen molar-refractivity contribution in [3.8, 4) is 0 Å². The van der Waals surface area contributed by atoms with Crippen molar-refractivity contribution in [1.82, 2.24) is 19.8 Å². The van der Waals surface area contributed by atoms with Crippen molar-refractivity contribution in [3.63, 3.8) is 0 Å². The van der Waals surface area contributed by atoms with Crippen LogP contribution in [0.25, 0.3) is 0 Å². The zero-order chi connectivity index (χ0) is 25.9. The zero-order valence-electron chi connectivity index (χ0n) is 22.2. The zero-order valence-corrected chi connectivity index (χ0v) is 23.1. The summed E-state index contributed by atoms with van der Waals surface area (Å²) in [6, 6.07) is 6.25. The lowest BCUT2D eigenvalue weighted by Crippen LogP contribution is -2.50. The number of aromatic nitrogens is 2. The Balaban J connectivity index is 1.43. The molecule has 196 valence electrons. The number of anilines is 1. The molecule has 0 aromatic carbocycles. The summed E-state index contributed by atoms with van der Waals surface area (Å²) in [6.45, 7) is 10.2. The summed E-state index contributed by atoms with van der Waals surface area (Å²) in [6.07, 6.45) is 6.30. The molecule has 0 bridgehead atoms. The Morgan fingerprint density at radius 2 is 1.72 bits per heavy atom. The second-order valence-corrected chi connectivity index (χ2v) is 11.8. The minimum Gasteiger partial charge on any atom is -0.455 e. The van der Waals surface area contributed by atoms with Crippen molar-refractivity contribution in [1.29, 1.82) is 0 Å². The SMILES string of the molecule is CC(=O)N1CCN(C(=O)c2ccc(CSc3nc(N(C)C4CCCCC4)cc(C(C)(C)C)n3)o2)CC1. The molecule has 0 N–H and O–H groups in total. The molecule has 0 spiro atoms. The third-order valence-electron chi connectivity index (χ3n) is 7.17. The maximum Gasteiger partial charge on any atom is 0.289 e. The number of carbonyl (C=O) groups excluding carboxylic acids is 2. The first-order valence-electron chi connectivity index (χ1n) is 13.0. The van der Waals surface area contributed by atoms with Gasteiger partial charge in [-0.25, -0.2) is 9.97 Å². The maximum absolute atomic E-state index is 12.9. The number of amides is 2. The summed E-state index contributed by atoms with van der Waals surface area (Å²) < 4.78 is 5.91. The van der Waals surface area contributed by atoms with Gasteiger partial charge in [-0.3, -0.25) is 9.59 Å². The Labute approximate surface area is 218 Å². The topological polar surface area (TPSA) is 82.8 Å². The molecule has 1 aliphatic heterocycles. The van der Waals surface area contributed by atoms with Gasteiger partial charge in [0.2, 0.25) is 5.91 Å². The fraction of sp³-hybridized carbons (Fsp3) is 0.630. The first-order chi connectivity index (χ1) is 17.1. The minimum absolute atomic E-state index is 0.0465. The number of rotatable bonds is 6. The van der Waals surface area contributed by atoms with E-state index in [1.54, 1.807) is 22.8 Å². The summed E-state index contributed by atoms with van der Waals surface area (Å²) >= 11 is 1.53. The number of furan rings is 1. The molecule has 9 heteroatoms. The normalized spacial score (nSPS) is 17.4. The van der Waals surface area contributed by atoms with E-state index in [-0.39, 0.29) is 17.2 Å². The lowest BCUT2D eigenvalue weighted by atomic mass is 9.91.